The number of halogens is 2. The van der Waals surface area contributed by atoms with Gasteiger partial charge in [-0.3, -0.25) is 4.79 Å². The van der Waals surface area contributed by atoms with Crippen LogP contribution >= 0.6 is 15.9 Å². The Morgan fingerprint density at radius 1 is 1.37 bits per heavy atom. The molecule has 0 N–H and O–H groups in total. The zero-order valence-electron chi connectivity index (χ0n) is 10.8. The van der Waals surface area contributed by atoms with Crippen LogP contribution in [0, 0.1) is 11.2 Å². The smallest absolute Gasteiger partial charge is 0.169 e. The van der Waals surface area contributed by atoms with Gasteiger partial charge in [0.1, 0.15) is 5.82 Å². The number of rotatable bonds is 1. The number of ether oxygens (including phenoxy) is 1. The molecular weight excluding hydrogens is 311 g/mol. The lowest BCUT2D eigenvalue weighted by Gasteiger charge is -2.35. The quantitative estimate of drug-likeness (QED) is 0.782. The largest absolute Gasteiger partial charge is 0.381 e. The summed E-state index contributed by atoms with van der Waals surface area (Å²) in [5, 5.41) is 0. The highest BCUT2D eigenvalue weighted by atomic mass is 79.9. The second kappa shape index (κ2) is 4.67. The van der Waals surface area contributed by atoms with Crippen molar-refractivity contribution in [1.29, 1.82) is 0 Å². The van der Waals surface area contributed by atoms with Crippen LogP contribution in [0.3, 0.4) is 0 Å². The highest BCUT2D eigenvalue weighted by Gasteiger charge is 2.47. The SMILES string of the molecule is COC1CCC2(CC1)Cc1cc(F)c(Br)cc1C2=O. The number of ketones is 1. The molecule has 1 spiro atoms. The van der Waals surface area contributed by atoms with E-state index < -0.39 is 0 Å². The lowest BCUT2D eigenvalue weighted by atomic mass is 9.70. The molecule has 0 atom stereocenters. The first kappa shape index (κ1) is 13.3. The van der Waals surface area contributed by atoms with Crippen molar-refractivity contribution in [1.82, 2.24) is 0 Å². The number of hydrogen-bond donors (Lipinski definition) is 0. The summed E-state index contributed by atoms with van der Waals surface area (Å²) in [5.41, 5.74) is 1.26. The van der Waals surface area contributed by atoms with Crippen molar-refractivity contribution in [2.75, 3.05) is 7.11 Å². The van der Waals surface area contributed by atoms with Crippen LogP contribution < -0.4 is 0 Å². The van der Waals surface area contributed by atoms with E-state index in [9.17, 15) is 9.18 Å². The van der Waals surface area contributed by atoms with E-state index in [2.05, 4.69) is 15.9 Å². The van der Waals surface area contributed by atoms with E-state index in [1.54, 1.807) is 13.2 Å². The van der Waals surface area contributed by atoms with Crippen molar-refractivity contribution in [3.8, 4) is 0 Å². The Hall–Kier alpha value is -0.740. The van der Waals surface area contributed by atoms with Crippen molar-refractivity contribution in [2.45, 2.75) is 38.2 Å². The first-order valence-corrected chi connectivity index (χ1v) is 7.40. The molecule has 0 radical (unpaired) electrons. The Balaban J connectivity index is 1.91. The third-order valence-electron chi connectivity index (χ3n) is 4.62. The zero-order valence-corrected chi connectivity index (χ0v) is 12.4. The van der Waals surface area contributed by atoms with Gasteiger partial charge in [-0.2, -0.15) is 0 Å². The predicted octanol–water partition coefficient (Wildman–Crippen LogP) is 3.90. The highest BCUT2D eigenvalue weighted by Crippen LogP contribution is 2.48. The number of hydrogen-bond acceptors (Lipinski definition) is 2. The van der Waals surface area contributed by atoms with Gasteiger partial charge in [-0.15, -0.1) is 0 Å². The molecule has 1 aromatic rings. The normalized spacial score (nSPS) is 29.8. The fourth-order valence-corrected chi connectivity index (χ4v) is 3.80. The fourth-order valence-electron chi connectivity index (χ4n) is 3.46. The molecule has 3 rings (SSSR count). The molecule has 0 unspecified atom stereocenters. The topological polar surface area (TPSA) is 26.3 Å². The second-order valence-electron chi connectivity index (χ2n) is 5.64. The molecule has 0 aromatic heterocycles. The number of fused-ring (bicyclic) bond motifs is 1. The van der Waals surface area contributed by atoms with Crippen LogP contribution in [0.5, 0.6) is 0 Å². The lowest BCUT2D eigenvalue weighted by Crippen LogP contribution is -2.35. The van der Waals surface area contributed by atoms with E-state index in [-0.39, 0.29) is 23.1 Å². The minimum absolute atomic E-state index is 0.192. The fraction of sp³-hybridized carbons (Fsp3) is 0.533. The van der Waals surface area contributed by atoms with Crippen molar-refractivity contribution >= 4 is 21.7 Å². The van der Waals surface area contributed by atoms with Crippen LogP contribution in [-0.4, -0.2) is 19.0 Å². The number of benzene rings is 1. The summed E-state index contributed by atoms with van der Waals surface area (Å²) in [4.78, 5) is 12.6. The minimum atomic E-state index is -0.301. The zero-order chi connectivity index (χ0) is 13.6. The molecule has 1 aromatic carbocycles. The molecule has 1 saturated carbocycles. The van der Waals surface area contributed by atoms with E-state index in [4.69, 9.17) is 4.74 Å². The van der Waals surface area contributed by atoms with E-state index in [1.807, 2.05) is 0 Å². The molecule has 19 heavy (non-hydrogen) atoms. The summed E-state index contributed by atoms with van der Waals surface area (Å²) in [5.74, 6) is -0.0908. The first-order chi connectivity index (χ1) is 9.05. The average molecular weight is 327 g/mol. The van der Waals surface area contributed by atoms with Gasteiger partial charge in [-0.1, -0.05) is 0 Å². The Bertz CT molecular complexity index is 533. The highest BCUT2D eigenvalue weighted by molar-refractivity contribution is 9.10. The molecule has 2 aliphatic carbocycles. The summed E-state index contributed by atoms with van der Waals surface area (Å²) in [7, 11) is 1.72. The van der Waals surface area contributed by atoms with Crippen LogP contribution in [0.4, 0.5) is 4.39 Å². The molecule has 1 fully saturated rings. The number of methoxy groups -OCH3 is 1. The Morgan fingerprint density at radius 2 is 2.05 bits per heavy atom. The summed E-state index contributed by atoms with van der Waals surface area (Å²) >= 11 is 3.16. The van der Waals surface area contributed by atoms with Gasteiger partial charge >= 0.3 is 0 Å². The van der Waals surface area contributed by atoms with Crippen LogP contribution in [0.15, 0.2) is 16.6 Å². The van der Waals surface area contributed by atoms with Gasteiger partial charge in [0.2, 0.25) is 0 Å². The van der Waals surface area contributed by atoms with Crippen molar-refractivity contribution in [3.63, 3.8) is 0 Å². The maximum atomic E-state index is 13.6. The monoisotopic (exact) mass is 326 g/mol. The van der Waals surface area contributed by atoms with Crippen LogP contribution in [0.2, 0.25) is 0 Å². The van der Waals surface area contributed by atoms with Crippen molar-refractivity contribution in [2.24, 2.45) is 5.41 Å². The van der Waals surface area contributed by atoms with E-state index in [0.717, 1.165) is 31.2 Å². The maximum absolute atomic E-state index is 13.6. The van der Waals surface area contributed by atoms with Crippen molar-refractivity contribution in [3.05, 3.63) is 33.5 Å². The van der Waals surface area contributed by atoms with Gasteiger partial charge in [0, 0.05) is 18.1 Å². The van der Waals surface area contributed by atoms with Crippen molar-refractivity contribution < 1.29 is 13.9 Å². The van der Waals surface area contributed by atoms with Gasteiger partial charge in [0.05, 0.1) is 10.6 Å². The Morgan fingerprint density at radius 3 is 2.68 bits per heavy atom. The van der Waals surface area contributed by atoms with Gasteiger partial charge in [-0.25, -0.2) is 4.39 Å². The first-order valence-electron chi connectivity index (χ1n) is 6.61. The third-order valence-corrected chi connectivity index (χ3v) is 5.23. The van der Waals surface area contributed by atoms with Crippen LogP contribution in [0.1, 0.15) is 41.6 Å². The van der Waals surface area contributed by atoms with Gasteiger partial charge in [-0.05, 0) is 65.7 Å². The summed E-state index contributed by atoms with van der Waals surface area (Å²) in [6.45, 7) is 0. The molecule has 0 saturated heterocycles. The van der Waals surface area contributed by atoms with Crippen LogP contribution in [-0.2, 0) is 11.2 Å². The number of Topliss-reactive ketones (excluding diaryl/α,β-unsaturated/α-hetero) is 1. The Labute approximate surface area is 120 Å². The molecular formula is C15H16BrFO2. The molecule has 4 heteroatoms. The minimum Gasteiger partial charge on any atom is -0.381 e. The molecule has 0 amide bonds. The van der Waals surface area contributed by atoms with Gasteiger partial charge in [0.25, 0.3) is 0 Å². The molecule has 2 aliphatic rings. The van der Waals surface area contributed by atoms with Gasteiger partial charge < -0.3 is 4.74 Å². The van der Waals surface area contributed by atoms with Crippen LogP contribution in [0.25, 0.3) is 0 Å². The standard InChI is InChI=1S/C15H16BrFO2/c1-19-10-2-4-15(5-3-10)8-9-6-13(17)12(16)7-11(9)14(15)18/h6-7,10H,2-5,8H2,1H3. The molecule has 2 nitrogen and oxygen atoms in total. The lowest BCUT2D eigenvalue weighted by molar-refractivity contribution is 0.0285. The third kappa shape index (κ3) is 2.05. The molecule has 0 bridgehead atoms. The van der Waals surface area contributed by atoms with E-state index >= 15 is 0 Å². The van der Waals surface area contributed by atoms with Gasteiger partial charge in [0.15, 0.2) is 5.78 Å². The molecule has 102 valence electrons. The average Bonchev–Trinajstić information content (AvgIpc) is 2.65. The molecule has 0 heterocycles. The predicted molar refractivity (Wildman–Crippen MR) is 73.8 cm³/mol. The summed E-state index contributed by atoms with van der Waals surface area (Å²) < 4.78 is 19.3. The van der Waals surface area contributed by atoms with E-state index in [1.165, 1.54) is 6.07 Å². The number of carbonyl (C=O) groups excluding carboxylic acids is 1. The Kier molecular flexibility index (Phi) is 3.26. The summed E-state index contributed by atoms with van der Waals surface area (Å²) in [6.07, 6.45) is 4.48. The van der Waals surface area contributed by atoms with E-state index in [0.29, 0.717) is 16.5 Å². The second-order valence-corrected chi connectivity index (χ2v) is 6.50. The molecule has 0 aliphatic heterocycles. The maximum Gasteiger partial charge on any atom is 0.169 e. The number of carbonyl (C=O) groups is 1. The summed E-state index contributed by atoms with van der Waals surface area (Å²) in [6, 6.07) is 3.15.